The van der Waals surface area contributed by atoms with E-state index in [4.69, 9.17) is 4.74 Å². The highest BCUT2D eigenvalue weighted by Gasteiger charge is 2.29. The van der Waals surface area contributed by atoms with Gasteiger partial charge < -0.3 is 15.4 Å². The second kappa shape index (κ2) is 8.28. The molecule has 26 heavy (non-hydrogen) atoms. The first-order chi connectivity index (χ1) is 12.3. The molecule has 1 unspecified atom stereocenters. The van der Waals surface area contributed by atoms with Gasteiger partial charge >= 0.3 is 5.97 Å². The highest BCUT2D eigenvalue weighted by molar-refractivity contribution is 7.89. The summed E-state index contributed by atoms with van der Waals surface area (Å²) in [5.74, 6) is -1.43. The standard InChI is InChI=1S/C16H21N3O6S/c1-3-25-16(22)11(2)18-15(21)12-4-6-13(7-5-12)26(23,24)19-9-8-17-14(20)10-19/h4-7,11H,3,8-10H2,1-2H3,(H,17,20)(H,18,21). The van der Waals surface area contributed by atoms with Gasteiger partial charge in [-0.3, -0.25) is 9.59 Å². The van der Waals surface area contributed by atoms with Crippen LogP contribution in [0, 0.1) is 0 Å². The van der Waals surface area contributed by atoms with E-state index in [-0.39, 0.29) is 42.6 Å². The number of carbonyl (C=O) groups excluding carboxylic acids is 3. The van der Waals surface area contributed by atoms with E-state index in [0.717, 1.165) is 4.31 Å². The zero-order chi connectivity index (χ0) is 19.3. The van der Waals surface area contributed by atoms with Crippen LogP contribution in [0.1, 0.15) is 24.2 Å². The molecule has 1 aromatic rings. The van der Waals surface area contributed by atoms with Crippen LogP contribution in [0.15, 0.2) is 29.2 Å². The van der Waals surface area contributed by atoms with Crippen LogP contribution in [0.5, 0.6) is 0 Å². The SMILES string of the molecule is CCOC(=O)C(C)NC(=O)c1ccc(S(=O)(=O)N2CCNC(=O)C2)cc1. The molecule has 1 aromatic carbocycles. The number of nitrogens with one attached hydrogen (secondary N) is 2. The Morgan fingerprint density at radius 3 is 2.54 bits per heavy atom. The van der Waals surface area contributed by atoms with E-state index in [1.54, 1.807) is 6.92 Å². The highest BCUT2D eigenvalue weighted by Crippen LogP contribution is 2.17. The maximum Gasteiger partial charge on any atom is 0.328 e. The van der Waals surface area contributed by atoms with Crippen LogP contribution in [0.3, 0.4) is 0 Å². The van der Waals surface area contributed by atoms with Crippen molar-refractivity contribution >= 4 is 27.8 Å². The smallest absolute Gasteiger partial charge is 0.328 e. The molecule has 0 saturated carbocycles. The molecule has 1 aliphatic rings. The first-order valence-corrected chi connectivity index (χ1v) is 9.54. The molecule has 1 fully saturated rings. The number of amides is 2. The zero-order valence-corrected chi connectivity index (χ0v) is 15.3. The molecular weight excluding hydrogens is 362 g/mol. The van der Waals surface area contributed by atoms with Crippen LogP contribution in [-0.4, -0.2) is 62.8 Å². The molecule has 1 saturated heterocycles. The Hall–Kier alpha value is -2.46. The van der Waals surface area contributed by atoms with E-state index in [0.29, 0.717) is 0 Å². The molecule has 0 radical (unpaired) electrons. The first-order valence-electron chi connectivity index (χ1n) is 8.10. The van der Waals surface area contributed by atoms with Gasteiger partial charge in [-0.1, -0.05) is 0 Å². The summed E-state index contributed by atoms with van der Waals surface area (Å²) in [6.45, 7) is 3.58. The van der Waals surface area contributed by atoms with Crippen LogP contribution in [-0.2, 0) is 24.3 Å². The summed E-state index contributed by atoms with van der Waals surface area (Å²) in [6, 6.07) is 4.48. The molecule has 0 aromatic heterocycles. The van der Waals surface area contributed by atoms with E-state index < -0.39 is 27.9 Å². The molecule has 1 heterocycles. The summed E-state index contributed by atoms with van der Waals surface area (Å²) in [5, 5.41) is 5.04. The van der Waals surface area contributed by atoms with E-state index in [1.165, 1.54) is 31.2 Å². The Morgan fingerprint density at radius 2 is 1.96 bits per heavy atom. The summed E-state index contributed by atoms with van der Waals surface area (Å²) >= 11 is 0. The number of esters is 1. The van der Waals surface area contributed by atoms with Gasteiger partial charge in [-0.15, -0.1) is 0 Å². The lowest BCUT2D eigenvalue weighted by Crippen LogP contribution is -2.49. The predicted molar refractivity (Wildman–Crippen MR) is 91.8 cm³/mol. The van der Waals surface area contributed by atoms with Gasteiger partial charge in [-0.25, -0.2) is 13.2 Å². The Morgan fingerprint density at radius 1 is 1.31 bits per heavy atom. The van der Waals surface area contributed by atoms with Crippen LogP contribution < -0.4 is 10.6 Å². The average Bonchev–Trinajstić information content (AvgIpc) is 2.62. The lowest BCUT2D eigenvalue weighted by atomic mass is 10.2. The zero-order valence-electron chi connectivity index (χ0n) is 14.5. The average molecular weight is 383 g/mol. The number of rotatable bonds is 6. The largest absolute Gasteiger partial charge is 0.464 e. The second-order valence-corrected chi connectivity index (χ2v) is 7.60. The van der Waals surface area contributed by atoms with Crippen molar-refractivity contribution in [2.75, 3.05) is 26.2 Å². The molecule has 2 amide bonds. The third-order valence-electron chi connectivity index (χ3n) is 3.75. The van der Waals surface area contributed by atoms with Gasteiger partial charge in [0.05, 0.1) is 18.0 Å². The summed E-state index contributed by atoms with van der Waals surface area (Å²) in [5.41, 5.74) is 0.205. The molecule has 1 aliphatic heterocycles. The fourth-order valence-corrected chi connectivity index (χ4v) is 3.75. The number of hydrogen-bond donors (Lipinski definition) is 2. The van der Waals surface area contributed by atoms with Gasteiger partial charge in [-0.05, 0) is 38.1 Å². The van der Waals surface area contributed by atoms with E-state index in [1.807, 2.05) is 0 Å². The van der Waals surface area contributed by atoms with Crippen molar-refractivity contribution in [3.05, 3.63) is 29.8 Å². The first kappa shape index (κ1) is 19.9. The van der Waals surface area contributed by atoms with Gasteiger partial charge in [0.15, 0.2) is 0 Å². The molecule has 142 valence electrons. The van der Waals surface area contributed by atoms with Crippen LogP contribution >= 0.6 is 0 Å². The van der Waals surface area contributed by atoms with Crippen molar-refractivity contribution in [2.24, 2.45) is 0 Å². The Bertz CT molecular complexity index is 791. The van der Waals surface area contributed by atoms with Crippen molar-refractivity contribution in [1.29, 1.82) is 0 Å². The summed E-state index contributed by atoms with van der Waals surface area (Å²) in [6.07, 6.45) is 0. The number of ether oxygens (including phenoxy) is 1. The predicted octanol–water partition coefficient (Wildman–Crippen LogP) is -0.511. The molecule has 2 N–H and O–H groups in total. The second-order valence-electron chi connectivity index (χ2n) is 5.66. The van der Waals surface area contributed by atoms with E-state index >= 15 is 0 Å². The van der Waals surface area contributed by atoms with E-state index in [9.17, 15) is 22.8 Å². The number of sulfonamides is 1. The topological polar surface area (TPSA) is 122 Å². The quantitative estimate of drug-likeness (QED) is 0.638. The number of piperazine rings is 1. The molecule has 1 atom stereocenters. The van der Waals surface area contributed by atoms with Crippen LogP contribution in [0.4, 0.5) is 0 Å². The van der Waals surface area contributed by atoms with Crippen molar-refractivity contribution in [2.45, 2.75) is 24.8 Å². The molecule has 10 heteroatoms. The summed E-state index contributed by atoms with van der Waals surface area (Å²) in [4.78, 5) is 35.1. The minimum atomic E-state index is -3.81. The molecule has 0 aliphatic carbocycles. The van der Waals surface area contributed by atoms with Gasteiger partial charge in [0.25, 0.3) is 5.91 Å². The number of benzene rings is 1. The van der Waals surface area contributed by atoms with E-state index in [2.05, 4.69) is 10.6 Å². The maximum absolute atomic E-state index is 12.5. The van der Waals surface area contributed by atoms with Gasteiger partial charge in [0.1, 0.15) is 6.04 Å². The van der Waals surface area contributed by atoms with Gasteiger partial charge in [-0.2, -0.15) is 4.31 Å². The van der Waals surface area contributed by atoms with Gasteiger partial charge in [0, 0.05) is 18.7 Å². The molecule has 0 spiro atoms. The summed E-state index contributed by atoms with van der Waals surface area (Å²) in [7, 11) is -3.81. The van der Waals surface area contributed by atoms with Crippen molar-refractivity contribution in [1.82, 2.24) is 14.9 Å². The summed E-state index contributed by atoms with van der Waals surface area (Å²) < 4.78 is 31.0. The molecular formula is C16H21N3O6S. The van der Waals surface area contributed by atoms with Crippen molar-refractivity contribution in [3.8, 4) is 0 Å². The third-order valence-corrected chi connectivity index (χ3v) is 5.60. The Labute approximate surface area is 151 Å². The monoisotopic (exact) mass is 383 g/mol. The lowest BCUT2D eigenvalue weighted by Gasteiger charge is -2.25. The Kier molecular flexibility index (Phi) is 6.32. The normalized spacial score (nSPS) is 16.5. The Balaban J connectivity index is 2.08. The molecule has 2 rings (SSSR count). The highest BCUT2D eigenvalue weighted by atomic mass is 32.2. The van der Waals surface area contributed by atoms with Crippen molar-refractivity contribution in [3.63, 3.8) is 0 Å². The number of carbonyl (C=O) groups is 3. The van der Waals surface area contributed by atoms with Crippen molar-refractivity contribution < 1.29 is 27.5 Å². The fraction of sp³-hybridized carbons (Fsp3) is 0.438. The third kappa shape index (κ3) is 4.58. The number of hydrogen-bond acceptors (Lipinski definition) is 6. The fourth-order valence-electron chi connectivity index (χ4n) is 2.35. The molecule has 0 bridgehead atoms. The minimum Gasteiger partial charge on any atom is -0.464 e. The van der Waals surface area contributed by atoms with Crippen LogP contribution in [0.25, 0.3) is 0 Å². The minimum absolute atomic E-state index is 0.0119. The molecule has 9 nitrogen and oxygen atoms in total. The number of nitrogens with zero attached hydrogens (tertiary/aromatic N) is 1. The van der Waals surface area contributed by atoms with Crippen LogP contribution in [0.2, 0.25) is 0 Å². The lowest BCUT2D eigenvalue weighted by molar-refractivity contribution is -0.144. The maximum atomic E-state index is 12.5. The van der Waals surface area contributed by atoms with Gasteiger partial charge in [0.2, 0.25) is 15.9 Å².